The second-order valence-electron chi connectivity index (χ2n) is 7.54. The van der Waals surface area contributed by atoms with E-state index < -0.39 is 5.60 Å². The average Bonchev–Trinajstić information content (AvgIpc) is 3.13. The summed E-state index contributed by atoms with van der Waals surface area (Å²) in [7, 11) is 0. The molecule has 5 heteroatoms. The Kier molecular flexibility index (Phi) is 5.57. The summed E-state index contributed by atoms with van der Waals surface area (Å²) >= 11 is 0. The molecule has 1 aromatic heterocycles. The molecule has 5 nitrogen and oxygen atoms in total. The Bertz CT molecular complexity index is 915. The molecule has 2 aromatic carbocycles. The number of aromatic nitrogens is 2. The van der Waals surface area contributed by atoms with E-state index in [4.69, 9.17) is 9.84 Å². The Balaban J connectivity index is 1.59. The van der Waals surface area contributed by atoms with E-state index in [0.717, 1.165) is 22.5 Å². The van der Waals surface area contributed by atoms with E-state index in [0.29, 0.717) is 39.1 Å². The number of nitrogens with one attached hydrogen (secondary N) is 1. The van der Waals surface area contributed by atoms with E-state index in [2.05, 4.69) is 42.7 Å². The van der Waals surface area contributed by atoms with E-state index in [1.54, 1.807) is 0 Å². The van der Waals surface area contributed by atoms with Crippen LogP contribution in [0.3, 0.4) is 0 Å². The van der Waals surface area contributed by atoms with Crippen LogP contribution in [-0.4, -0.2) is 40.2 Å². The molecule has 0 bridgehead atoms. The summed E-state index contributed by atoms with van der Waals surface area (Å²) in [6.45, 7) is 4.57. The molecule has 1 aliphatic rings. The largest absolute Gasteiger partial charge is 0.388 e. The smallest absolute Gasteiger partial charge is 0.0975 e. The van der Waals surface area contributed by atoms with Crippen LogP contribution >= 0.6 is 0 Å². The number of hydrogen-bond acceptors (Lipinski definition) is 4. The van der Waals surface area contributed by atoms with Crippen LogP contribution in [0.5, 0.6) is 0 Å². The molecular formula is C23H27N3O2. The second kappa shape index (κ2) is 8.27. The SMILES string of the molecule is Cc1ccccc1-c1nn(-c2ccccc2)cc1CNCC1(O)CCOCC1. The lowest BCUT2D eigenvalue weighted by atomic mass is 9.94. The lowest BCUT2D eigenvalue weighted by molar-refractivity contribution is -0.0616. The summed E-state index contributed by atoms with van der Waals surface area (Å²) in [5.41, 5.74) is 4.79. The minimum Gasteiger partial charge on any atom is -0.388 e. The molecule has 0 spiro atoms. The number of rotatable bonds is 6. The fraction of sp³-hybridized carbons (Fsp3) is 0.348. The van der Waals surface area contributed by atoms with Crippen molar-refractivity contribution in [3.63, 3.8) is 0 Å². The van der Waals surface area contributed by atoms with Gasteiger partial charge >= 0.3 is 0 Å². The van der Waals surface area contributed by atoms with E-state index in [-0.39, 0.29) is 0 Å². The number of hydrogen-bond donors (Lipinski definition) is 2. The number of ether oxygens (including phenoxy) is 1. The Morgan fingerprint density at radius 2 is 1.79 bits per heavy atom. The molecule has 2 N–H and O–H groups in total. The van der Waals surface area contributed by atoms with Crippen molar-refractivity contribution in [2.75, 3.05) is 19.8 Å². The molecule has 4 rings (SSSR count). The summed E-state index contributed by atoms with van der Waals surface area (Å²) in [6, 6.07) is 18.5. The Morgan fingerprint density at radius 3 is 2.54 bits per heavy atom. The fourth-order valence-electron chi connectivity index (χ4n) is 3.68. The Morgan fingerprint density at radius 1 is 1.07 bits per heavy atom. The van der Waals surface area contributed by atoms with Crippen LogP contribution in [0.1, 0.15) is 24.0 Å². The van der Waals surface area contributed by atoms with Gasteiger partial charge in [0.25, 0.3) is 0 Å². The molecule has 1 saturated heterocycles. The number of benzene rings is 2. The highest BCUT2D eigenvalue weighted by atomic mass is 16.5. The number of nitrogens with zero attached hydrogens (tertiary/aromatic N) is 2. The second-order valence-corrected chi connectivity index (χ2v) is 7.54. The zero-order chi connectivity index (χ0) is 19.4. The first-order valence-electron chi connectivity index (χ1n) is 9.85. The van der Waals surface area contributed by atoms with Gasteiger partial charge in [-0.2, -0.15) is 5.10 Å². The molecule has 1 aliphatic heterocycles. The first-order chi connectivity index (χ1) is 13.6. The number of para-hydroxylation sites is 1. The quantitative estimate of drug-likeness (QED) is 0.691. The molecule has 0 unspecified atom stereocenters. The van der Waals surface area contributed by atoms with Crippen LogP contribution in [0.4, 0.5) is 0 Å². The third-order valence-corrected chi connectivity index (χ3v) is 5.40. The molecular weight excluding hydrogens is 350 g/mol. The summed E-state index contributed by atoms with van der Waals surface area (Å²) < 4.78 is 7.30. The zero-order valence-corrected chi connectivity index (χ0v) is 16.3. The van der Waals surface area contributed by atoms with Gasteiger partial charge in [0.15, 0.2) is 0 Å². The fourth-order valence-corrected chi connectivity index (χ4v) is 3.68. The Labute approximate surface area is 166 Å². The maximum Gasteiger partial charge on any atom is 0.0975 e. The van der Waals surface area contributed by atoms with Gasteiger partial charge in [-0.25, -0.2) is 4.68 Å². The molecule has 1 fully saturated rings. The van der Waals surface area contributed by atoms with Crippen LogP contribution in [0.15, 0.2) is 60.8 Å². The molecule has 3 aromatic rings. The zero-order valence-electron chi connectivity index (χ0n) is 16.3. The van der Waals surface area contributed by atoms with Gasteiger partial charge in [-0.1, -0.05) is 42.5 Å². The van der Waals surface area contributed by atoms with E-state index in [9.17, 15) is 5.11 Å². The van der Waals surface area contributed by atoms with Gasteiger partial charge in [0.1, 0.15) is 0 Å². The van der Waals surface area contributed by atoms with Crippen molar-refractivity contribution in [2.24, 2.45) is 0 Å². The predicted molar refractivity (Wildman–Crippen MR) is 110 cm³/mol. The standard InChI is InChI=1S/C23H27N3O2/c1-18-7-5-6-10-21(18)22-19(15-24-17-23(27)11-13-28-14-12-23)16-26(25-22)20-8-3-2-4-9-20/h2-10,16,24,27H,11-15,17H2,1H3. The van der Waals surface area contributed by atoms with E-state index >= 15 is 0 Å². The van der Waals surface area contributed by atoms with Crippen molar-refractivity contribution in [3.8, 4) is 16.9 Å². The summed E-state index contributed by atoms with van der Waals surface area (Å²) in [6.07, 6.45) is 3.43. The Hall–Kier alpha value is -2.47. The molecule has 0 atom stereocenters. The van der Waals surface area contributed by atoms with Crippen molar-refractivity contribution in [3.05, 3.63) is 71.9 Å². The summed E-state index contributed by atoms with van der Waals surface area (Å²) in [5.74, 6) is 0. The minimum atomic E-state index is -0.684. The van der Waals surface area contributed by atoms with Crippen LogP contribution in [-0.2, 0) is 11.3 Å². The summed E-state index contributed by atoms with van der Waals surface area (Å²) in [4.78, 5) is 0. The van der Waals surface area contributed by atoms with Crippen molar-refractivity contribution >= 4 is 0 Å². The third-order valence-electron chi connectivity index (χ3n) is 5.40. The number of aliphatic hydroxyl groups is 1. The molecule has 0 aliphatic carbocycles. The van der Waals surface area contributed by atoms with Gasteiger partial charge in [0, 0.05) is 56.5 Å². The maximum atomic E-state index is 10.7. The van der Waals surface area contributed by atoms with E-state index in [1.807, 2.05) is 35.0 Å². The summed E-state index contributed by atoms with van der Waals surface area (Å²) in [5, 5.41) is 19.0. The lowest BCUT2D eigenvalue weighted by Gasteiger charge is -2.32. The molecule has 28 heavy (non-hydrogen) atoms. The molecule has 0 radical (unpaired) electrons. The molecule has 0 saturated carbocycles. The van der Waals surface area contributed by atoms with Crippen molar-refractivity contribution in [2.45, 2.75) is 31.9 Å². The maximum absolute atomic E-state index is 10.7. The van der Waals surface area contributed by atoms with Crippen molar-refractivity contribution in [1.82, 2.24) is 15.1 Å². The van der Waals surface area contributed by atoms with Gasteiger partial charge in [-0.05, 0) is 24.6 Å². The highest BCUT2D eigenvalue weighted by Gasteiger charge is 2.29. The lowest BCUT2D eigenvalue weighted by Crippen LogP contribution is -2.44. The number of aryl methyl sites for hydroxylation is 1. The molecule has 2 heterocycles. The van der Waals surface area contributed by atoms with Gasteiger partial charge in [-0.15, -0.1) is 0 Å². The van der Waals surface area contributed by atoms with Crippen LogP contribution in [0, 0.1) is 6.92 Å². The highest BCUT2D eigenvalue weighted by Crippen LogP contribution is 2.27. The van der Waals surface area contributed by atoms with Crippen molar-refractivity contribution < 1.29 is 9.84 Å². The first-order valence-corrected chi connectivity index (χ1v) is 9.85. The monoisotopic (exact) mass is 377 g/mol. The van der Waals surface area contributed by atoms with Crippen molar-refractivity contribution in [1.29, 1.82) is 0 Å². The topological polar surface area (TPSA) is 59.3 Å². The van der Waals surface area contributed by atoms with Crippen LogP contribution in [0.2, 0.25) is 0 Å². The van der Waals surface area contributed by atoms with E-state index in [1.165, 1.54) is 5.56 Å². The average molecular weight is 377 g/mol. The highest BCUT2D eigenvalue weighted by molar-refractivity contribution is 5.66. The van der Waals surface area contributed by atoms with Crippen LogP contribution in [0.25, 0.3) is 16.9 Å². The normalized spacial score (nSPS) is 16.2. The van der Waals surface area contributed by atoms with Gasteiger partial charge in [0.2, 0.25) is 0 Å². The first kappa shape index (κ1) is 18.9. The molecule has 146 valence electrons. The van der Waals surface area contributed by atoms with Gasteiger partial charge in [-0.3, -0.25) is 0 Å². The minimum absolute atomic E-state index is 0.556. The molecule has 0 amide bonds. The van der Waals surface area contributed by atoms with Gasteiger partial charge in [0.05, 0.1) is 17.0 Å². The van der Waals surface area contributed by atoms with Gasteiger partial charge < -0.3 is 15.2 Å². The predicted octanol–water partition coefficient (Wildman–Crippen LogP) is 3.48. The van der Waals surface area contributed by atoms with Crippen LogP contribution < -0.4 is 5.32 Å². The third kappa shape index (κ3) is 4.17.